The van der Waals surface area contributed by atoms with Gasteiger partial charge in [0.25, 0.3) is 0 Å². The van der Waals surface area contributed by atoms with Crippen molar-refractivity contribution in [3.05, 3.63) is 29.3 Å². The lowest BCUT2D eigenvalue weighted by atomic mass is 10.2. The molecule has 0 saturated heterocycles. The zero-order valence-corrected chi connectivity index (χ0v) is 11.1. The largest absolute Gasteiger partial charge is 0.376 e. The molecule has 0 heterocycles. The van der Waals surface area contributed by atoms with Crippen LogP contribution < -0.4 is 10.6 Å². The molecule has 0 fully saturated rings. The van der Waals surface area contributed by atoms with Crippen molar-refractivity contribution < 1.29 is 4.79 Å². The summed E-state index contributed by atoms with van der Waals surface area (Å²) in [5.74, 6) is 0.00549. The van der Waals surface area contributed by atoms with Gasteiger partial charge in [0.1, 0.15) is 0 Å². The van der Waals surface area contributed by atoms with E-state index in [4.69, 9.17) is 11.6 Å². The van der Waals surface area contributed by atoms with Gasteiger partial charge in [-0.3, -0.25) is 4.79 Å². The van der Waals surface area contributed by atoms with E-state index in [1.54, 1.807) is 12.1 Å². The average molecular weight is 255 g/mol. The zero-order valence-electron chi connectivity index (χ0n) is 10.3. The Bertz CT molecular complexity index is 368. The molecule has 2 N–H and O–H groups in total. The molecule has 4 heteroatoms. The minimum Gasteiger partial charge on any atom is -0.376 e. The molecule has 17 heavy (non-hydrogen) atoms. The first-order chi connectivity index (χ1) is 8.11. The Morgan fingerprint density at radius 2 is 2.24 bits per heavy atom. The van der Waals surface area contributed by atoms with E-state index in [2.05, 4.69) is 17.6 Å². The van der Waals surface area contributed by atoms with Crippen LogP contribution in [0.2, 0.25) is 5.02 Å². The number of halogens is 1. The molecule has 0 radical (unpaired) electrons. The van der Waals surface area contributed by atoms with E-state index in [1.807, 2.05) is 19.1 Å². The summed E-state index contributed by atoms with van der Waals surface area (Å²) in [6.07, 6.45) is 2.08. The molecule has 0 aliphatic carbocycles. The number of carbonyl (C=O) groups is 1. The molecule has 0 bridgehead atoms. The number of nitrogens with one attached hydrogen (secondary N) is 2. The molecule has 0 spiro atoms. The molecular formula is C13H19ClN2O. The highest BCUT2D eigenvalue weighted by Crippen LogP contribution is 2.14. The third-order valence-electron chi connectivity index (χ3n) is 2.41. The van der Waals surface area contributed by atoms with E-state index in [0.717, 1.165) is 18.5 Å². The molecule has 3 nitrogen and oxygen atoms in total. The van der Waals surface area contributed by atoms with E-state index in [0.29, 0.717) is 5.02 Å². The second-order valence-electron chi connectivity index (χ2n) is 4.12. The summed E-state index contributed by atoms with van der Waals surface area (Å²) >= 11 is 5.85. The fraction of sp³-hybridized carbons (Fsp3) is 0.462. The Balaban J connectivity index is 2.33. The molecule has 1 aromatic carbocycles. The monoisotopic (exact) mass is 254 g/mol. The summed E-state index contributed by atoms with van der Waals surface area (Å²) in [5.41, 5.74) is 0.857. The summed E-state index contributed by atoms with van der Waals surface area (Å²) < 4.78 is 0. The maximum atomic E-state index is 11.6. The van der Waals surface area contributed by atoms with Crippen molar-refractivity contribution in [1.82, 2.24) is 5.32 Å². The number of carbonyl (C=O) groups excluding carboxylic acids is 1. The number of anilines is 1. The average Bonchev–Trinajstić information content (AvgIpc) is 2.27. The lowest BCUT2D eigenvalue weighted by Gasteiger charge is -2.13. The Kier molecular flexibility index (Phi) is 5.84. The SMILES string of the molecule is CCCC(C)NC(=O)CNc1cccc(Cl)c1. The van der Waals surface area contributed by atoms with E-state index in [-0.39, 0.29) is 18.5 Å². The van der Waals surface area contributed by atoms with E-state index < -0.39 is 0 Å². The van der Waals surface area contributed by atoms with Gasteiger partial charge in [0.15, 0.2) is 0 Å². The van der Waals surface area contributed by atoms with Gasteiger partial charge in [0.2, 0.25) is 5.91 Å². The highest BCUT2D eigenvalue weighted by atomic mass is 35.5. The first-order valence-electron chi connectivity index (χ1n) is 5.90. The van der Waals surface area contributed by atoms with Crippen molar-refractivity contribution in [3.8, 4) is 0 Å². The Morgan fingerprint density at radius 3 is 2.88 bits per heavy atom. The van der Waals surface area contributed by atoms with Gasteiger partial charge in [0.05, 0.1) is 6.54 Å². The smallest absolute Gasteiger partial charge is 0.239 e. The lowest BCUT2D eigenvalue weighted by Crippen LogP contribution is -2.36. The van der Waals surface area contributed by atoms with Crippen LogP contribution in [0.3, 0.4) is 0 Å². The normalized spacial score (nSPS) is 11.9. The standard InChI is InChI=1S/C13H19ClN2O/c1-3-5-10(2)16-13(17)9-15-12-7-4-6-11(14)8-12/h4,6-8,10,15H,3,5,9H2,1-2H3,(H,16,17). The molecule has 0 saturated carbocycles. The van der Waals surface area contributed by atoms with Crippen LogP contribution in [0.15, 0.2) is 24.3 Å². The quantitative estimate of drug-likeness (QED) is 0.819. The van der Waals surface area contributed by atoms with Crippen LogP contribution in [0.1, 0.15) is 26.7 Å². The number of hydrogen-bond donors (Lipinski definition) is 2. The highest BCUT2D eigenvalue weighted by molar-refractivity contribution is 6.30. The van der Waals surface area contributed by atoms with Crippen molar-refractivity contribution in [1.29, 1.82) is 0 Å². The van der Waals surface area contributed by atoms with Crippen molar-refractivity contribution in [2.45, 2.75) is 32.7 Å². The van der Waals surface area contributed by atoms with E-state index >= 15 is 0 Å². The summed E-state index contributed by atoms with van der Waals surface area (Å²) in [6.45, 7) is 4.39. The molecule has 94 valence electrons. The van der Waals surface area contributed by atoms with Gasteiger partial charge in [-0.25, -0.2) is 0 Å². The summed E-state index contributed by atoms with van der Waals surface area (Å²) in [4.78, 5) is 11.6. The molecule has 1 aromatic rings. The molecule has 0 aliphatic rings. The minimum absolute atomic E-state index is 0.00549. The van der Waals surface area contributed by atoms with Gasteiger partial charge in [0, 0.05) is 16.8 Å². The van der Waals surface area contributed by atoms with Crippen LogP contribution in [0.5, 0.6) is 0 Å². The predicted molar refractivity (Wildman–Crippen MR) is 72.5 cm³/mol. The van der Waals surface area contributed by atoms with Crippen molar-refractivity contribution >= 4 is 23.2 Å². The molecule has 0 aromatic heterocycles. The molecule has 1 atom stereocenters. The first-order valence-corrected chi connectivity index (χ1v) is 6.28. The van der Waals surface area contributed by atoms with Crippen LogP contribution >= 0.6 is 11.6 Å². The zero-order chi connectivity index (χ0) is 12.7. The van der Waals surface area contributed by atoms with Crippen LogP contribution in [0, 0.1) is 0 Å². The third kappa shape index (κ3) is 5.59. The fourth-order valence-electron chi connectivity index (χ4n) is 1.61. The molecule has 1 amide bonds. The maximum Gasteiger partial charge on any atom is 0.239 e. The lowest BCUT2D eigenvalue weighted by molar-refractivity contribution is -0.120. The van der Waals surface area contributed by atoms with Crippen LogP contribution in [-0.2, 0) is 4.79 Å². The third-order valence-corrected chi connectivity index (χ3v) is 2.64. The molecule has 0 aliphatic heterocycles. The number of rotatable bonds is 6. The second-order valence-corrected chi connectivity index (χ2v) is 4.56. The molecular weight excluding hydrogens is 236 g/mol. The Hall–Kier alpha value is -1.22. The Morgan fingerprint density at radius 1 is 1.47 bits per heavy atom. The number of amides is 1. The van der Waals surface area contributed by atoms with E-state index in [9.17, 15) is 4.79 Å². The first kappa shape index (κ1) is 13.8. The number of benzene rings is 1. The minimum atomic E-state index is 0.00549. The van der Waals surface area contributed by atoms with E-state index in [1.165, 1.54) is 0 Å². The predicted octanol–water partition coefficient (Wildman–Crippen LogP) is 3.06. The van der Waals surface area contributed by atoms with Crippen molar-refractivity contribution in [2.75, 3.05) is 11.9 Å². The Labute approximate surface area is 108 Å². The van der Waals surface area contributed by atoms with Gasteiger partial charge >= 0.3 is 0 Å². The van der Waals surface area contributed by atoms with Crippen LogP contribution in [0.4, 0.5) is 5.69 Å². The maximum absolute atomic E-state index is 11.6. The van der Waals surface area contributed by atoms with Gasteiger partial charge in [-0.05, 0) is 31.5 Å². The summed E-state index contributed by atoms with van der Waals surface area (Å²) in [6, 6.07) is 7.56. The van der Waals surface area contributed by atoms with Gasteiger partial charge < -0.3 is 10.6 Å². The second kappa shape index (κ2) is 7.17. The molecule has 1 unspecified atom stereocenters. The fourth-order valence-corrected chi connectivity index (χ4v) is 1.80. The van der Waals surface area contributed by atoms with Crippen molar-refractivity contribution in [2.24, 2.45) is 0 Å². The van der Waals surface area contributed by atoms with Crippen molar-refractivity contribution in [3.63, 3.8) is 0 Å². The van der Waals surface area contributed by atoms with Gasteiger partial charge in [-0.2, -0.15) is 0 Å². The summed E-state index contributed by atoms with van der Waals surface area (Å²) in [5, 5.41) is 6.63. The summed E-state index contributed by atoms with van der Waals surface area (Å²) in [7, 11) is 0. The topological polar surface area (TPSA) is 41.1 Å². The highest BCUT2D eigenvalue weighted by Gasteiger charge is 2.05. The van der Waals surface area contributed by atoms with Crippen LogP contribution in [0.25, 0.3) is 0 Å². The van der Waals surface area contributed by atoms with Crippen LogP contribution in [-0.4, -0.2) is 18.5 Å². The van der Waals surface area contributed by atoms with Gasteiger partial charge in [-0.1, -0.05) is 31.0 Å². The van der Waals surface area contributed by atoms with Gasteiger partial charge in [-0.15, -0.1) is 0 Å². The molecule has 1 rings (SSSR count). The number of hydrogen-bond acceptors (Lipinski definition) is 2.